The Morgan fingerprint density at radius 2 is 1.59 bits per heavy atom. The van der Waals surface area contributed by atoms with Crippen molar-refractivity contribution in [1.82, 2.24) is 5.32 Å². The molecule has 0 radical (unpaired) electrons. The van der Waals surface area contributed by atoms with Gasteiger partial charge in [0.2, 0.25) is 0 Å². The van der Waals surface area contributed by atoms with Crippen LogP contribution in [-0.4, -0.2) is 14.3 Å². The summed E-state index contributed by atoms with van der Waals surface area (Å²) in [4.78, 5) is 12.7. The SMILES string of the molecule is Cc1ccc([C@@H](C)NC(=O)c2ccc(Cl)c(S(=O)(=O)Nc3ccc(C)c(C)c3)c2)c(C)c1. The van der Waals surface area contributed by atoms with E-state index in [2.05, 4.69) is 16.1 Å². The molecule has 0 heterocycles. The minimum atomic E-state index is -3.98. The van der Waals surface area contributed by atoms with Crippen LogP contribution < -0.4 is 10.0 Å². The fourth-order valence-corrected chi connectivity index (χ4v) is 5.11. The van der Waals surface area contributed by atoms with Crippen LogP contribution in [0.5, 0.6) is 0 Å². The first kappa shape index (κ1) is 23.8. The van der Waals surface area contributed by atoms with Crippen LogP contribution in [0.1, 0.15) is 51.1 Å². The molecule has 0 unspecified atom stereocenters. The number of aryl methyl sites for hydroxylation is 4. The summed E-state index contributed by atoms with van der Waals surface area (Å²) in [6, 6.07) is 15.3. The molecule has 1 atom stereocenters. The van der Waals surface area contributed by atoms with Gasteiger partial charge < -0.3 is 5.32 Å². The van der Waals surface area contributed by atoms with E-state index in [0.717, 1.165) is 27.8 Å². The van der Waals surface area contributed by atoms with Crippen LogP contribution in [-0.2, 0) is 10.0 Å². The molecule has 5 nitrogen and oxygen atoms in total. The highest BCUT2D eigenvalue weighted by Crippen LogP contribution is 2.26. The Morgan fingerprint density at radius 1 is 0.875 bits per heavy atom. The van der Waals surface area contributed by atoms with Crippen molar-refractivity contribution in [2.24, 2.45) is 0 Å². The second-order valence-corrected chi connectivity index (χ2v) is 10.2. The van der Waals surface area contributed by atoms with Gasteiger partial charge in [-0.2, -0.15) is 0 Å². The van der Waals surface area contributed by atoms with E-state index in [0.29, 0.717) is 5.69 Å². The van der Waals surface area contributed by atoms with Crippen LogP contribution in [0.3, 0.4) is 0 Å². The molecule has 0 aromatic heterocycles. The maximum atomic E-state index is 13.0. The third-order valence-corrected chi connectivity index (χ3v) is 7.34. The number of carbonyl (C=O) groups is 1. The van der Waals surface area contributed by atoms with Gasteiger partial charge in [-0.15, -0.1) is 0 Å². The van der Waals surface area contributed by atoms with Crippen molar-refractivity contribution in [3.05, 3.63) is 93.0 Å². The van der Waals surface area contributed by atoms with Gasteiger partial charge in [0.15, 0.2) is 0 Å². The minimum Gasteiger partial charge on any atom is -0.346 e. The number of amides is 1. The molecule has 1 amide bonds. The molecule has 0 aliphatic heterocycles. The van der Waals surface area contributed by atoms with Crippen molar-refractivity contribution in [2.75, 3.05) is 4.72 Å². The van der Waals surface area contributed by atoms with Crippen LogP contribution >= 0.6 is 11.6 Å². The summed E-state index contributed by atoms with van der Waals surface area (Å²) < 4.78 is 28.5. The van der Waals surface area contributed by atoms with Gasteiger partial charge in [-0.25, -0.2) is 8.42 Å². The molecule has 0 spiro atoms. The molecule has 0 fully saturated rings. The van der Waals surface area contributed by atoms with E-state index >= 15 is 0 Å². The normalized spacial score (nSPS) is 12.3. The van der Waals surface area contributed by atoms with E-state index in [-0.39, 0.29) is 27.4 Å². The van der Waals surface area contributed by atoms with E-state index in [1.54, 1.807) is 12.1 Å². The maximum Gasteiger partial charge on any atom is 0.263 e. The highest BCUT2D eigenvalue weighted by Gasteiger charge is 2.21. The molecule has 3 aromatic carbocycles. The highest BCUT2D eigenvalue weighted by atomic mass is 35.5. The number of carbonyl (C=O) groups excluding carboxylic acids is 1. The zero-order valence-electron chi connectivity index (χ0n) is 18.8. The molecule has 2 N–H and O–H groups in total. The summed E-state index contributed by atoms with van der Waals surface area (Å²) >= 11 is 6.19. The number of benzene rings is 3. The number of nitrogens with one attached hydrogen (secondary N) is 2. The van der Waals surface area contributed by atoms with E-state index in [9.17, 15) is 13.2 Å². The zero-order chi connectivity index (χ0) is 23.6. The van der Waals surface area contributed by atoms with E-state index < -0.39 is 10.0 Å². The van der Waals surface area contributed by atoms with Crippen LogP contribution in [0.4, 0.5) is 5.69 Å². The topological polar surface area (TPSA) is 75.3 Å². The lowest BCUT2D eigenvalue weighted by Crippen LogP contribution is -2.27. The summed E-state index contributed by atoms with van der Waals surface area (Å²) in [7, 11) is -3.98. The van der Waals surface area contributed by atoms with Crippen LogP contribution in [0, 0.1) is 27.7 Å². The molecular formula is C25H27ClN2O3S. The van der Waals surface area contributed by atoms with Gasteiger partial charge in [-0.3, -0.25) is 9.52 Å². The lowest BCUT2D eigenvalue weighted by Gasteiger charge is -2.18. The molecule has 7 heteroatoms. The predicted octanol–water partition coefficient (Wildman–Crippen LogP) is 5.87. The Hall–Kier alpha value is -2.83. The van der Waals surface area contributed by atoms with Gasteiger partial charge >= 0.3 is 0 Å². The van der Waals surface area contributed by atoms with Gasteiger partial charge in [0.25, 0.3) is 15.9 Å². The molecule has 168 valence electrons. The number of hydrogen-bond acceptors (Lipinski definition) is 3. The molecule has 0 aliphatic rings. The van der Waals surface area contributed by atoms with Gasteiger partial charge in [-0.05, 0) is 87.2 Å². The minimum absolute atomic E-state index is 0.0420. The number of sulfonamides is 1. The Labute approximate surface area is 194 Å². The Balaban J connectivity index is 1.85. The average molecular weight is 471 g/mol. The lowest BCUT2D eigenvalue weighted by molar-refractivity contribution is 0.0939. The monoisotopic (exact) mass is 470 g/mol. The summed E-state index contributed by atoms with van der Waals surface area (Å²) in [5.41, 5.74) is 5.90. The predicted molar refractivity (Wildman–Crippen MR) is 130 cm³/mol. The van der Waals surface area contributed by atoms with Crippen LogP contribution in [0.25, 0.3) is 0 Å². The Morgan fingerprint density at radius 3 is 2.25 bits per heavy atom. The summed E-state index contributed by atoms with van der Waals surface area (Å²) in [5.74, 6) is -0.378. The Kier molecular flexibility index (Phi) is 6.96. The molecule has 0 saturated carbocycles. The number of anilines is 1. The fraction of sp³-hybridized carbons (Fsp3) is 0.240. The van der Waals surface area contributed by atoms with Crippen molar-refractivity contribution < 1.29 is 13.2 Å². The third kappa shape index (κ3) is 5.31. The van der Waals surface area contributed by atoms with Crippen molar-refractivity contribution in [3.8, 4) is 0 Å². The van der Waals surface area contributed by atoms with Crippen molar-refractivity contribution in [1.29, 1.82) is 0 Å². The molecule has 0 bridgehead atoms. The zero-order valence-corrected chi connectivity index (χ0v) is 20.4. The standard InChI is InChI=1S/C25H27ClN2O3S/c1-15-6-10-22(18(4)12-15)19(5)27-25(29)20-8-11-23(26)24(14-20)32(30,31)28-21-9-7-16(2)17(3)13-21/h6-14,19,28H,1-5H3,(H,27,29)/t19-/m1/s1. The van der Waals surface area contributed by atoms with E-state index in [1.165, 1.54) is 18.2 Å². The van der Waals surface area contributed by atoms with Gasteiger partial charge in [0, 0.05) is 11.3 Å². The average Bonchev–Trinajstić information content (AvgIpc) is 2.70. The molecule has 0 aliphatic carbocycles. The van der Waals surface area contributed by atoms with Crippen molar-refractivity contribution in [2.45, 2.75) is 45.6 Å². The summed E-state index contributed by atoms with van der Waals surface area (Å²) in [6.45, 7) is 9.76. The van der Waals surface area contributed by atoms with E-state index in [1.807, 2.05) is 52.8 Å². The second-order valence-electron chi connectivity index (χ2n) is 8.10. The van der Waals surface area contributed by atoms with E-state index in [4.69, 9.17) is 11.6 Å². The highest BCUT2D eigenvalue weighted by molar-refractivity contribution is 7.92. The third-order valence-electron chi connectivity index (χ3n) is 5.48. The number of halogens is 1. The molecule has 32 heavy (non-hydrogen) atoms. The summed E-state index contributed by atoms with van der Waals surface area (Å²) in [5, 5.41) is 2.98. The first-order valence-electron chi connectivity index (χ1n) is 10.3. The fourth-order valence-electron chi connectivity index (χ4n) is 3.53. The van der Waals surface area contributed by atoms with Crippen molar-refractivity contribution >= 4 is 33.2 Å². The first-order chi connectivity index (χ1) is 15.0. The van der Waals surface area contributed by atoms with Gasteiger partial charge in [0.05, 0.1) is 11.1 Å². The molecule has 3 rings (SSSR count). The van der Waals surface area contributed by atoms with Gasteiger partial charge in [-0.1, -0.05) is 41.4 Å². The smallest absolute Gasteiger partial charge is 0.263 e. The van der Waals surface area contributed by atoms with Crippen molar-refractivity contribution in [3.63, 3.8) is 0 Å². The number of hydrogen-bond donors (Lipinski definition) is 2. The second kappa shape index (κ2) is 9.35. The number of rotatable bonds is 6. The Bertz CT molecular complexity index is 1290. The molecule has 3 aromatic rings. The quantitative estimate of drug-likeness (QED) is 0.473. The largest absolute Gasteiger partial charge is 0.346 e. The molecule has 0 saturated heterocycles. The first-order valence-corrected chi connectivity index (χ1v) is 12.1. The van der Waals surface area contributed by atoms with Gasteiger partial charge in [0.1, 0.15) is 4.90 Å². The summed E-state index contributed by atoms with van der Waals surface area (Å²) in [6.07, 6.45) is 0. The lowest BCUT2D eigenvalue weighted by atomic mass is 10.00. The maximum absolute atomic E-state index is 13.0. The molecular weight excluding hydrogens is 444 g/mol. The van der Waals surface area contributed by atoms with Crippen LogP contribution in [0.15, 0.2) is 59.5 Å². The van der Waals surface area contributed by atoms with Crippen LogP contribution in [0.2, 0.25) is 5.02 Å².